The SMILES string of the molecule is CCCc1nc(C)c(F)c(=O)[nH]1. The summed E-state index contributed by atoms with van der Waals surface area (Å²) in [6, 6.07) is 0. The first-order valence-electron chi connectivity index (χ1n) is 3.90. The van der Waals surface area contributed by atoms with Crippen LogP contribution in [0.2, 0.25) is 0 Å². The van der Waals surface area contributed by atoms with Crippen molar-refractivity contribution in [2.24, 2.45) is 0 Å². The van der Waals surface area contributed by atoms with Crippen LogP contribution in [0.25, 0.3) is 0 Å². The minimum atomic E-state index is -0.783. The monoisotopic (exact) mass is 170 g/mol. The Hall–Kier alpha value is -1.19. The van der Waals surface area contributed by atoms with Gasteiger partial charge in [0, 0.05) is 6.42 Å². The van der Waals surface area contributed by atoms with Gasteiger partial charge in [0.1, 0.15) is 5.82 Å². The van der Waals surface area contributed by atoms with Gasteiger partial charge in [-0.15, -0.1) is 0 Å². The van der Waals surface area contributed by atoms with Crippen molar-refractivity contribution in [3.05, 3.63) is 27.7 Å². The summed E-state index contributed by atoms with van der Waals surface area (Å²) in [6.07, 6.45) is 1.56. The molecule has 1 N–H and O–H groups in total. The number of H-pyrrole nitrogens is 1. The van der Waals surface area contributed by atoms with E-state index in [1.807, 2.05) is 6.92 Å². The van der Waals surface area contributed by atoms with Crippen molar-refractivity contribution in [3.63, 3.8) is 0 Å². The van der Waals surface area contributed by atoms with Crippen LogP contribution in [0.3, 0.4) is 0 Å². The predicted octanol–water partition coefficient (Wildman–Crippen LogP) is 1.17. The number of rotatable bonds is 2. The van der Waals surface area contributed by atoms with Crippen molar-refractivity contribution in [2.45, 2.75) is 26.7 Å². The number of hydrogen-bond acceptors (Lipinski definition) is 2. The number of nitrogens with one attached hydrogen (secondary N) is 1. The lowest BCUT2D eigenvalue weighted by atomic mass is 10.3. The Morgan fingerprint density at radius 1 is 1.58 bits per heavy atom. The molecule has 0 amide bonds. The molecule has 0 aromatic carbocycles. The molecule has 4 heteroatoms. The lowest BCUT2D eigenvalue weighted by molar-refractivity contribution is 0.580. The Morgan fingerprint density at radius 2 is 2.25 bits per heavy atom. The van der Waals surface area contributed by atoms with Gasteiger partial charge in [0.15, 0.2) is 0 Å². The van der Waals surface area contributed by atoms with E-state index >= 15 is 0 Å². The van der Waals surface area contributed by atoms with Crippen LogP contribution in [-0.4, -0.2) is 9.97 Å². The summed E-state index contributed by atoms with van der Waals surface area (Å²) in [5.74, 6) is -0.226. The summed E-state index contributed by atoms with van der Waals surface area (Å²) < 4.78 is 12.7. The number of aromatic amines is 1. The van der Waals surface area contributed by atoms with Crippen molar-refractivity contribution in [3.8, 4) is 0 Å². The fourth-order valence-corrected chi connectivity index (χ4v) is 0.985. The first-order valence-corrected chi connectivity index (χ1v) is 3.90. The molecule has 0 atom stereocenters. The summed E-state index contributed by atoms with van der Waals surface area (Å²) in [5, 5.41) is 0. The number of aryl methyl sites for hydroxylation is 2. The zero-order chi connectivity index (χ0) is 9.14. The lowest BCUT2D eigenvalue weighted by Gasteiger charge is -1.99. The third-order valence-electron chi connectivity index (χ3n) is 1.56. The molecule has 0 unspecified atom stereocenters. The largest absolute Gasteiger partial charge is 0.308 e. The minimum Gasteiger partial charge on any atom is -0.308 e. The molecule has 0 bridgehead atoms. The van der Waals surface area contributed by atoms with E-state index in [4.69, 9.17) is 0 Å². The van der Waals surface area contributed by atoms with Gasteiger partial charge in [-0.25, -0.2) is 4.98 Å². The third-order valence-corrected chi connectivity index (χ3v) is 1.56. The average molecular weight is 170 g/mol. The Balaban J connectivity index is 3.13. The zero-order valence-corrected chi connectivity index (χ0v) is 7.15. The molecule has 12 heavy (non-hydrogen) atoms. The van der Waals surface area contributed by atoms with E-state index in [-0.39, 0.29) is 5.69 Å². The van der Waals surface area contributed by atoms with Crippen LogP contribution in [0.1, 0.15) is 24.9 Å². The smallest absolute Gasteiger partial charge is 0.287 e. The molecular formula is C8H11FN2O. The van der Waals surface area contributed by atoms with E-state index < -0.39 is 11.4 Å². The van der Waals surface area contributed by atoms with E-state index in [1.54, 1.807) is 0 Å². The van der Waals surface area contributed by atoms with Crippen LogP contribution >= 0.6 is 0 Å². The van der Waals surface area contributed by atoms with Crippen LogP contribution in [0.15, 0.2) is 4.79 Å². The summed E-state index contributed by atoms with van der Waals surface area (Å²) in [4.78, 5) is 17.1. The molecule has 0 aliphatic heterocycles. The van der Waals surface area contributed by atoms with Gasteiger partial charge in [0.05, 0.1) is 5.69 Å². The van der Waals surface area contributed by atoms with Gasteiger partial charge in [-0.1, -0.05) is 6.92 Å². The molecule has 1 rings (SSSR count). The van der Waals surface area contributed by atoms with E-state index in [9.17, 15) is 9.18 Å². The van der Waals surface area contributed by atoms with E-state index in [1.165, 1.54) is 6.92 Å². The average Bonchev–Trinajstić information content (AvgIpc) is 2.01. The van der Waals surface area contributed by atoms with Crippen LogP contribution in [0.4, 0.5) is 4.39 Å². The van der Waals surface area contributed by atoms with E-state index in [2.05, 4.69) is 9.97 Å². The molecule has 0 fully saturated rings. The fourth-order valence-electron chi connectivity index (χ4n) is 0.985. The Kier molecular flexibility index (Phi) is 2.58. The first-order chi connectivity index (χ1) is 5.65. The lowest BCUT2D eigenvalue weighted by Crippen LogP contribution is -2.17. The highest BCUT2D eigenvalue weighted by atomic mass is 19.1. The highest BCUT2D eigenvalue weighted by Crippen LogP contribution is 1.98. The highest BCUT2D eigenvalue weighted by Gasteiger charge is 2.05. The number of aromatic nitrogens is 2. The van der Waals surface area contributed by atoms with Crippen LogP contribution < -0.4 is 5.56 Å². The second-order valence-electron chi connectivity index (χ2n) is 2.66. The van der Waals surface area contributed by atoms with Gasteiger partial charge in [0.2, 0.25) is 5.82 Å². The number of nitrogens with zero attached hydrogens (tertiary/aromatic N) is 1. The number of halogens is 1. The van der Waals surface area contributed by atoms with Gasteiger partial charge in [-0.05, 0) is 13.3 Å². The maximum Gasteiger partial charge on any atom is 0.287 e. The second kappa shape index (κ2) is 3.47. The van der Waals surface area contributed by atoms with Gasteiger partial charge >= 0.3 is 0 Å². The molecule has 3 nitrogen and oxygen atoms in total. The Labute approximate surface area is 69.7 Å². The molecular weight excluding hydrogens is 159 g/mol. The first kappa shape index (κ1) is 8.90. The van der Waals surface area contributed by atoms with E-state index in [0.29, 0.717) is 12.2 Å². The molecule has 1 heterocycles. The molecule has 0 radical (unpaired) electrons. The summed E-state index contributed by atoms with van der Waals surface area (Å²) >= 11 is 0. The van der Waals surface area contributed by atoms with Crippen molar-refractivity contribution in [1.82, 2.24) is 9.97 Å². The Morgan fingerprint density at radius 3 is 2.75 bits per heavy atom. The maximum atomic E-state index is 12.7. The van der Waals surface area contributed by atoms with E-state index in [0.717, 1.165) is 6.42 Å². The molecule has 0 saturated carbocycles. The summed E-state index contributed by atoms with van der Waals surface area (Å²) in [5.41, 5.74) is -0.506. The summed E-state index contributed by atoms with van der Waals surface area (Å²) in [6.45, 7) is 3.46. The highest BCUT2D eigenvalue weighted by molar-refractivity contribution is 5.03. The van der Waals surface area contributed by atoms with Crippen LogP contribution in [0.5, 0.6) is 0 Å². The molecule has 66 valence electrons. The molecule has 0 spiro atoms. The van der Waals surface area contributed by atoms with Gasteiger partial charge in [0.25, 0.3) is 5.56 Å². The standard InChI is InChI=1S/C8H11FN2O/c1-3-4-6-10-5(2)7(9)8(12)11-6/h3-4H2,1-2H3,(H,10,11,12). The van der Waals surface area contributed by atoms with Gasteiger partial charge in [-0.3, -0.25) is 4.79 Å². The molecule has 1 aromatic heterocycles. The Bertz CT molecular complexity index is 332. The molecule has 1 aromatic rings. The van der Waals surface area contributed by atoms with Crippen molar-refractivity contribution in [2.75, 3.05) is 0 Å². The topological polar surface area (TPSA) is 45.8 Å². The van der Waals surface area contributed by atoms with Crippen molar-refractivity contribution >= 4 is 0 Å². The van der Waals surface area contributed by atoms with Gasteiger partial charge in [-0.2, -0.15) is 4.39 Å². The summed E-state index contributed by atoms with van der Waals surface area (Å²) in [7, 11) is 0. The minimum absolute atomic E-state index is 0.169. The molecule has 0 aliphatic carbocycles. The third kappa shape index (κ3) is 1.69. The molecule has 0 aliphatic rings. The quantitative estimate of drug-likeness (QED) is 0.724. The van der Waals surface area contributed by atoms with Crippen molar-refractivity contribution < 1.29 is 4.39 Å². The fraction of sp³-hybridized carbons (Fsp3) is 0.500. The zero-order valence-electron chi connectivity index (χ0n) is 7.15. The maximum absolute atomic E-state index is 12.7. The molecule has 0 saturated heterocycles. The van der Waals surface area contributed by atoms with Crippen molar-refractivity contribution in [1.29, 1.82) is 0 Å². The number of hydrogen-bond donors (Lipinski definition) is 1. The predicted molar refractivity (Wildman–Crippen MR) is 43.5 cm³/mol. The van der Waals surface area contributed by atoms with Gasteiger partial charge < -0.3 is 4.98 Å². The second-order valence-corrected chi connectivity index (χ2v) is 2.66. The van der Waals surface area contributed by atoms with Crippen LogP contribution in [0, 0.1) is 12.7 Å². The normalized spacial score (nSPS) is 10.2. The van der Waals surface area contributed by atoms with Crippen LogP contribution in [-0.2, 0) is 6.42 Å².